The standard InChI is InChI=1S/C16H19NO6.C9H11FO.C2H4/c1-21-16(20)13-6-10(18)7-15(23-13)22-11-4-2-9(3-5-11)12-8-14(19)17-12;1-2-9(11)7-3-5-8(10)6-4-7;1-2/h2-5,10,12-13,15,18H,6-8H2,1H3,(H,17,19);3-6,9,11H,2H2,1H3;1-2H2/t10?,12-,13-,15?;;/m0../s1. The van der Waals surface area contributed by atoms with Crippen molar-refractivity contribution in [1.82, 2.24) is 5.32 Å². The Kier molecular flexibility index (Phi) is 11.5. The predicted octanol–water partition coefficient (Wildman–Crippen LogP) is 3.74. The maximum atomic E-state index is 12.4. The molecule has 2 aromatic carbocycles. The minimum absolute atomic E-state index is 0.0498. The Morgan fingerprint density at radius 1 is 1.17 bits per heavy atom. The van der Waals surface area contributed by atoms with E-state index in [9.17, 15) is 24.2 Å². The number of ether oxygens (including phenoxy) is 3. The highest BCUT2D eigenvalue weighted by Gasteiger charge is 2.34. The molecule has 0 spiro atoms. The van der Waals surface area contributed by atoms with Gasteiger partial charge >= 0.3 is 5.97 Å². The summed E-state index contributed by atoms with van der Waals surface area (Å²) < 4.78 is 28.2. The highest BCUT2D eigenvalue weighted by molar-refractivity contribution is 5.83. The van der Waals surface area contributed by atoms with E-state index in [4.69, 9.17) is 9.47 Å². The fourth-order valence-electron chi connectivity index (χ4n) is 3.63. The Morgan fingerprint density at radius 3 is 2.31 bits per heavy atom. The maximum Gasteiger partial charge on any atom is 0.335 e. The zero-order valence-corrected chi connectivity index (χ0v) is 20.6. The molecule has 3 unspecified atom stereocenters. The Labute approximate surface area is 210 Å². The predicted molar refractivity (Wildman–Crippen MR) is 131 cm³/mol. The minimum Gasteiger partial charge on any atom is -0.467 e. The zero-order valence-electron chi connectivity index (χ0n) is 20.6. The molecule has 36 heavy (non-hydrogen) atoms. The van der Waals surface area contributed by atoms with Crippen molar-refractivity contribution >= 4 is 11.9 Å². The Hall–Kier alpha value is -3.27. The van der Waals surface area contributed by atoms with Crippen molar-refractivity contribution in [2.45, 2.75) is 63.3 Å². The van der Waals surface area contributed by atoms with Crippen LogP contribution < -0.4 is 10.1 Å². The van der Waals surface area contributed by atoms with Crippen LogP contribution in [0.3, 0.4) is 0 Å². The molecule has 0 aliphatic carbocycles. The van der Waals surface area contributed by atoms with Crippen molar-refractivity contribution in [3.8, 4) is 5.75 Å². The lowest BCUT2D eigenvalue weighted by molar-refractivity contribution is -0.197. The summed E-state index contributed by atoms with van der Waals surface area (Å²) in [5.74, 6) is -0.165. The quantitative estimate of drug-likeness (QED) is 0.313. The fourth-order valence-corrected chi connectivity index (χ4v) is 3.63. The molecule has 2 fully saturated rings. The first kappa shape index (κ1) is 29.0. The molecule has 4 rings (SSSR count). The molecule has 2 saturated heterocycles. The summed E-state index contributed by atoms with van der Waals surface area (Å²) in [6.45, 7) is 7.88. The molecule has 5 atom stereocenters. The van der Waals surface area contributed by atoms with Gasteiger partial charge < -0.3 is 29.7 Å². The van der Waals surface area contributed by atoms with Gasteiger partial charge in [0.05, 0.1) is 31.8 Å². The Morgan fingerprint density at radius 2 is 1.78 bits per heavy atom. The molecule has 0 bridgehead atoms. The second-order valence-corrected chi connectivity index (χ2v) is 8.19. The number of carbonyl (C=O) groups excluding carboxylic acids is 2. The number of amides is 1. The first-order chi connectivity index (χ1) is 17.3. The van der Waals surface area contributed by atoms with Crippen LogP contribution in [0.1, 0.15) is 55.9 Å². The van der Waals surface area contributed by atoms with E-state index in [1.807, 2.05) is 19.1 Å². The molecule has 0 radical (unpaired) electrons. The number of hydrogen-bond acceptors (Lipinski definition) is 7. The number of methoxy groups -OCH3 is 1. The summed E-state index contributed by atoms with van der Waals surface area (Å²) in [5.41, 5.74) is 1.78. The van der Waals surface area contributed by atoms with Crippen LogP contribution in [0.5, 0.6) is 5.75 Å². The van der Waals surface area contributed by atoms with E-state index < -0.39 is 30.6 Å². The molecule has 8 nitrogen and oxygen atoms in total. The third kappa shape index (κ3) is 8.44. The molecule has 0 aromatic heterocycles. The molecule has 0 saturated carbocycles. The number of rotatable bonds is 6. The number of halogens is 1. The topological polar surface area (TPSA) is 114 Å². The molecule has 9 heteroatoms. The van der Waals surface area contributed by atoms with Crippen LogP contribution in [-0.2, 0) is 19.1 Å². The SMILES string of the molecule is C=C.CCC(O)c1ccc(F)cc1.COC(=O)[C@@H]1CC(O)CC(Oc2ccc([C@@H]3CC(=O)N3)cc2)O1. The first-order valence-electron chi connectivity index (χ1n) is 11.7. The van der Waals surface area contributed by atoms with Gasteiger partial charge in [-0.2, -0.15) is 0 Å². The first-order valence-corrected chi connectivity index (χ1v) is 11.7. The van der Waals surface area contributed by atoms with Gasteiger partial charge in [-0.05, 0) is 41.8 Å². The highest BCUT2D eigenvalue weighted by atomic mass is 19.1. The molecule has 2 aromatic rings. The summed E-state index contributed by atoms with van der Waals surface area (Å²) in [6.07, 6.45) is -1.03. The number of esters is 1. The largest absolute Gasteiger partial charge is 0.467 e. The van der Waals surface area contributed by atoms with E-state index in [2.05, 4.69) is 23.2 Å². The minimum atomic E-state index is -0.821. The van der Waals surface area contributed by atoms with Crippen LogP contribution in [0.4, 0.5) is 4.39 Å². The van der Waals surface area contributed by atoms with E-state index in [0.717, 1.165) is 11.1 Å². The molecule has 2 aliphatic heterocycles. The summed E-state index contributed by atoms with van der Waals surface area (Å²) in [4.78, 5) is 22.5. The Bertz CT molecular complexity index is 959. The lowest BCUT2D eigenvalue weighted by Gasteiger charge is -2.32. The zero-order chi connectivity index (χ0) is 26.7. The second kappa shape index (κ2) is 14.3. The monoisotopic (exact) mass is 503 g/mol. The smallest absolute Gasteiger partial charge is 0.335 e. The van der Waals surface area contributed by atoms with Gasteiger partial charge in [0.2, 0.25) is 12.2 Å². The average molecular weight is 504 g/mol. The van der Waals surface area contributed by atoms with Gasteiger partial charge in [0.1, 0.15) is 11.6 Å². The summed E-state index contributed by atoms with van der Waals surface area (Å²) in [5, 5.41) is 21.9. The molecule has 2 heterocycles. The number of nitrogens with one attached hydrogen (secondary N) is 1. The van der Waals surface area contributed by atoms with Gasteiger partial charge in [-0.3, -0.25) is 4.79 Å². The summed E-state index contributed by atoms with van der Waals surface area (Å²) in [7, 11) is 1.28. The van der Waals surface area contributed by atoms with Crippen LogP contribution in [0.15, 0.2) is 61.7 Å². The Balaban J connectivity index is 0.000000295. The number of aliphatic hydroxyl groups is 2. The number of β-lactam (4-membered cyclic amide) rings is 1. The van der Waals surface area contributed by atoms with Crippen LogP contribution >= 0.6 is 0 Å². The highest BCUT2D eigenvalue weighted by Crippen LogP contribution is 2.28. The lowest BCUT2D eigenvalue weighted by Crippen LogP contribution is -2.43. The van der Waals surface area contributed by atoms with Gasteiger partial charge in [-0.25, -0.2) is 9.18 Å². The summed E-state index contributed by atoms with van der Waals surface area (Å²) in [6, 6.07) is 13.3. The average Bonchev–Trinajstić information content (AvgIpc) is 2.88. The summed E-state index contributed by atoms with van der Waals surface area (Å²) >= 11 is 0. The molecular formula is C27H34FNO7. The van der Waals surface area contributed by atoms with Crippen LogP contribution in [0, 0.1) is 5.82 Å². The van der Waals surface area contributed by atoms with Crippen molar-refractivity contribution in [2.75, 3.05) is 7.11 Å². The van der Waals surface area contributed by atoms with Gasteiger partial charge in [0, 0.05) is 12.8 Å². The van der Waals surface area contributed by atoms with Crippen LogP contribution in [0.25, 0.3) is 0 Å². The van der Waals surface area contributed by atoms with Gasteiger partial charge in [0.15, 0.2) is 6.10 Å². The van der Waals surface area contributed by atoms with E-state index in [1.54, 1.807) is 24.3 Å². The molecule has 3 N–H and O–H groups in total. The van der Waals surface area contributed by atoms with Crippen molar-refractivity contribution < 1.29 is 38.4 Å². The fraction of sp³-hybridized carbons (Fsp3) is 0.407. The third-order valence-corrected chi connectivity index (χ3v) is 5.65. The normalized spacial score (nSPS) is 23.3. The van der Waals surface area contributed by atoms with Crippen molar-refractivity contribution in [3.63, 3.8) is 0 Å². The maximum absolute atomic E-state index is 12.4. The lowest BCUT2D eigenvalue weighted by atomic mass is 9.97. The van der Waals surface area contributed by atoms with Gasteiger partial charge in [-0.15, -0.1) is 13.2 Å². The molecule has 196 valence electrons. The van der Waals surface area contributed by atoms with Crippen LogP contribution in [-0.4, -0.2) is 47.7 Å². The van der Waals surface area contributed by atoms with E-state index >= 15 is 0 Å². The van der Waals surface area contributed by atoms with E-state index in [-0.39, 0.29) is 30.6 Å². The van der Waals surface area contributed by atoms with Crippen molar-refractivity contribution in [1.29, 1.82) is 0 Å². The van der Waals surface area contributed by atoms with Gasteiger partial charge in [-0.1, -0.05) is 31.2 Å². The molecule has 1 amide bonds. The molecular weight excluding hydrogens is 469 g/mol. The number of aliphatic hydroxyl groups excluding tert-OH is 2. The van der Waals surface area contributed by atoms with E-state index in [0.29, 0.717) is 18.6 Å². The number of benzene rings is 2. The number of carbonyl (C=O) groups is 2. The third-order valence-electron chi connectivity index (χ3n) is 5.65. The molecule has 2 aliphatic rings. The number of hydrogen-bond donors (Lipinski definition) is 3. The van der Waals surface area contributed by atoms with Crippen molar-refractivity contribution in [2.24, 2.45) is 0 Å². The van der Waals surface area contributed by atoms with Gasteiger partial charge in [0.25, 0.3) is 0 Å². The second-order valence-electron chi connectivity index (χ2n) is 8.19. The van der Waals surface area contributed by atoms with Crippen LogP contribution in [0.2, 0.25) is 0 Å². The van der Waals surface area contributed by atoms with Crippen molar-refractivity contribution in [3.05, 3.63) is 78.6 Å². The van der Waals surface area contributed by atoms with E-state index in [1.165, 1.54) is 19.2 Å².